The lowest BCUT2D eigenvalue weighted by Crippen LogP contribution is -2.53. The Balaban J connectivity index is 2.24. The summed E-state index contributed by atoms with van der Waals surface area (Å²) in [6.45, 7) is 2.70. The van der Waals surface area contributed by atoms with Gasteiger partial charge in [0.25, 0.3) is 0 Å². The second-order valence-electron chi connectivity index (χ2n) is 3.56. The van der Waals surface area contributed by atoms with Crippen molar-refractivity contribution in [2.75, 3.05) is 20.3 Å². The normalized spacial score (nSPS) is 27.0. The van der Waals surface area contributed by atoms with Crippen molar-refractivity contribution in [1.29, 1.82) is 0 Å². The standard InChI is InChI=1S/C10H18O5/c1-3-7(11)6-8-9(10(12)15-8)14-5-4-13-2/h7-9,11H,3-6H2,1-2H3/t7-,8+,9+/m1/s1. The van der Waals surface area contributed by atoms with Gasteiger partial charge in [-0.1, -0.05) is 6.92 Å². The fourth-order valence-corrected chi connectivity index (χ4v) is 1.40. The van der Waals surface area contributed by atoms with Gasteiger partial charge in [-0.3, -0.25) is 0 Å². The summed E-state index contributed by atoms with van der Waals surface area (Å²) in [6.07, 6.45) is -0.166. The minimum Gasteiger partial charge on any atom is -0.457 e. The van der Waals surface area contributed by atoms with Crippen molar-refractivity contribution in [3.8, 4) is 0 Å². The lowest BCUT2D eigenvalue weighted by Gasteiger charge is -2.35. The third kappa shape index (κ3) is 3.44. The Morgan fingerprint density at radius 2 is 2.27 bits per heavy atom. The molecule has 0 radical (unpaired) electrons. The van der Waals surface area contributed by atoms with Crippen LogP contribution >= 0.6 is 0 Å². The van der Waals surface area contributed by atoms with E-state index in [1.807, 2.05) is 6.92 Å². The molecular formula is C10H18O5. The van der Waals surface area contributed by atoms with Crippen molar-refractivity contribution in [3.05, 3.63) is 0 Å². The first-order chi connectivity index (χ1) is 7.19. The van der Waals surface area contributed by atoms with Crippen LogP contribution in [0.2, 0.25) is 0 Å². The van der Waals surface area contributed by atoms with Crippen LogP contribution in [-0.4, -0.2) is 49.7 Å². The van der Waals surface area contributed by atoms with Crippen molar-refractivity contribution in [1.82, 2.24) is 0 Å². The fraction of sp³-hybridized carbons (Fsp3) is 0.900. The van der Waals surface area contributed by atoms with Gasteiger partial charge < -0.3 is 19.3 Å². The fourth-order valence-electron chi connectivity index (χ4n) is 1.40. The van der Waals surface area contributed by atoms with Crippen LogP contribution in [0.25, 0.3) is 0 Å². The Labute approximate surface area is 89.3 Å². The number of carbonyl (C=O) groups is 1. The number of carbonyl (C=O) groups excluding carboxylic acids is 1. The van der Waals surface area contributed by atoms with Crippen molar-refractivity contribution in [2.45, 2.75) is 38.1 Å². The minimum atomic E-state index is -0.527. The third-order valence-corrected chi connectivity index (χ3v) is 2.40. The van der Waals surface area contributed by atoms with Gasteiger partial charge in [-0.25, -0.2) is 4.79 Å². The molecule has 0 unspecified atom stereocenters. The number of ether oxygens (including phenoxy) is 3. The molecule has 1 aliphatic heterocycles. The molecule has 5 heteroatoms. The second kappa shape index (κ2) is 6.05. The van der Waals surface area contributed by atoms with Crippen LogP contribution in [0.3, 0.4) is 0 Å². The summed E-state index contributed by atoms with van der Waals surface area (Å²) in [7, 11) is 1.57. The molecule has 1 rings (SSSR count). The quantitative estimate of drug-likeness (QED) is 0.485. The first-order valence-corrected chi connectivity index (χ1v) is 5.18. The molecule has 3 atom stereocenters. The highest BCUT2D eigenvalue weighted by atomic mass is 16.6. The van der Waals surface area contributed by atoms with Crippen LogP contribution in [0.1, 0.15) is 19.8 Å². The monoisotopic (exact) mass is 218 g/mol. The average molecular weight is 218 g/mol. The Morgan fingerprint density at radius 1 is 1.53 bits per heavy atom. The number of cyclic esters (lactones) is 1. The molecule has 0 aliphatic carbocycles. The van der Waals surface area contributed by atoms with Crippen LogP contribution in [-0.2, 0) is 19.0 Å². The maximum Gasteiger partial charge on any atom is 0.339 e. The van der Waals surface area contributed by atoms with Crippen LogP contribution in [0.4, 0.5) is 0 Å². The van der Waals surface area contributed by atoms with E-state index in [-0.39, 0.29) is 12.1 Å². The Kier molecular flexibility index (Phi) is 5.01. The van der Waals surface area contributed by atoms with Crippen molar-refractivity contribution < 1.29 is 24.1 Å². The molecule has 0 aromatic heterocycles. The number of rotatable bonds is 7. The average Bonchev–Trinajstić information content (AvgIpc) is 2.23. The third-order valence-electron chi connectivity index (χ3n) is 2.40. The maximum atomic E-state index is 11.0. The molecule has 0 saturated carbocycles. The molecule has 0 amide bonds. The Hall–Kier alpha value is -0.650. The number of hydrogen-bond acceptors (Lipinski definition) is 5. The van der Waals surface area contributed by atoms with E-state index in [4.69, 9.17) is 14.2 Å². The van der Waals surface area contributed by atoms with Gasteiger partial charge in [-0.05, 0) is 6.42 Å². The van der Waals surface area contributed by atoms with Gasteiger partial charge in [-0.2, -0.15) is 0 Å². The zero-order valence-corrected chi connectivity index (χ0v) is 9.14. The van der Waals surface area contributed by atoms with Gasteiger partial charge in [0, 0.05) is 13.5 Å². The van der Waals surface area contributed by atoms with Gasteiger partial charge in [0.1, 0.15) is 6.10 Å². The summed E-state index contributed by atoms with van der Waals surface area (Å²) in [5.74, 6) is -0.348. The number of methoxy groups -OCH3 is 1. The highest BCUT2D eigenvalue weighted by Gasteiger charge is 2.44. The van der Waals surface area contributed by atoms with E-state index in [2.05, 4.69) is 0 Å². The van der Waals surface area contributed by atoms with Gasteiger partial charge in [0.2, 0.25) is 0 Å². The molecule has 5 nitrogen and oxygen atoms in total. The first kappa shape index (κ1) is 12.4. The largest absolute Gasteiger partial charge is 0.457 e. The van der Waals surface area contributed by atoms with E-state index in [1.165, 1.54) is 0 Å². The number of esters is 1. The van der Waals surface area contributed by atoms with Gasteiger partial charge in [0.05, 0.1) is 19.3 Å². The zero-order chi connectivity index (χ0) is 11.3. The van der Waals surface area contributed by atoms with Crippen molar-refractivity contribution in [2.24, 2.45) is 0 Å². The minimum absolute atomic E-state index is 0.302. The van der Waals surface area contributed by atoms with E-state index < -0.39 is 12.2 Å². The number of aliphatic hydroxyl groups excluding tert-OH is 1. The van der Waals surface area contributed by atoms with E-state index >= 15 is 0 Å². The molecule has 1 aliphatic rings. The Morgan fingerprint density at radius 3 is 2.80 bits per heavy atom. The van der Waals surface area contributed by atoms with Gasteiger partial charge in [-0.15, -0.1) is 0 Å². The smallest absolute Gasteiger partial charge is 0.339 e. The van der Waals surface area contributed by atoms with E-state index in [1.54, 1.807) is 7.11 Å². The molecule has 0 aromatic carbocycles. The zero-order valence-electron chi connectivity index (χ0n) is 9.14. The van der Waals surface area contributed by atoms with Gasteiger partial charge >= 0.3 is 5.97 Å². The predicted molar refractivity (Wildman–Crippen MR) is 52.4 cm³/mol. The second-order valence-corrected chi connectivity index (χ2v) is 3.56. The summed E-state index contributed by atoms with van der Waals surface area (Å²) in [6, 6.07) is 0. The van der Waals surface area contributed by atoms with Gasteiger partial charge in [0.15, 0.2) is 6.10 Å². The molecule has 1 fully saturated rings. The molecule has 0 aromatic rings. The highest BCUT2D eigenvalue weighted by molar-refractivity contribution is 5.81. The van der Waals surface area contributed by atoms with Crippen LogP contribution < -0.4 is 0 Å². The molecule has 1 saturated heterocycles. The molecule has 0 spiro atoms. The maximum absolute atomic E-state index is 11.0. The number of aliphatic hydroxyl groups is 1. The van der Waals surface area contributed by atoms with Crippen molar-refractivity contribution >= 4 is 5.97 Å². The predicted octanol–water partition coefficient (Wildman–Crippen LogP) is 0.104. The van der Waals surface area contributed by atoms with E-state index in [0.717, 1.165) is 0 Å². The first-order valence-electron chi connectivity index (χ1n) is 5.18. The summed E-state index contributed by atoms with van der Waals surface area (Å²) < 4.78 is 15.0. The molecule has 0 bridgehead atoms. The van der Waals surface area contributed by atoms with Crippen LogP contribution in [0.5, 0.6) is 0 Å². The summed E-state index contributed by atoms with van der Waals surface area (Å²) in [5.41, 5.74) is 0. The highest BCUT2D eigenvalue weighted by Crippen LogP contribution is 2.23. The SMILES string of the molecule is CC[C@@H](O)C[C@@H]1OC(=O)[C@H]1OCCOC. The molecule has 1 N–H and O–H groups in total. The summed E-state index contributed by atoms with van der Waals surface area (Å²) >= 11 is 0. The number of hydrogen-bond donors (Lipinski definition) is 1. The molecule has 15 heavy (non-hydrogen) atoms. The van der Waals surface area contributed by atoms with E-state index in [9.17, 15) is 9.90 Å². The molecular weight excluding hydrogens is 200 g/mol. The lowest BCUT2D eigenvalue weighted by atomic mass is 10.0. The van der Waals surface area contributed by atoms with E-state index in [0.29, 0.717) is 26.1 Å². The van der Waals surface area contributed by atoms with Crippen LogP contribution in [0, 0.1) is 0 Å². The molecule has 1 heterocycles. The van der Waals surface area contributed by atoms with Crippen LogP contribution in [0.15, 0.2) is 0 Å². The summed E-state index contributed by atoms with van der Waals surface area (Å²) in [5, 5.41) is 9.40. The Bertz CT molecular complexity index is 206. The molecule has 88 valence electrons. The topological polar surface area (TPSA) is 65.0 Å². The summed E-state index contributed by atoms with van der Waals surface area (Å²) in [4.78, 5) is 11.0. The lowest BCUT2D eigenvalue weighted by molar-refractivity contribution is -0.211. The van der Waals surface area contributed by atoms with Crippen molar-refractivity contribution in [3.63, 3.8) is 0 Å².